The smallest absolute Gasteiger partial charge is 0.308 e. The van der Waals surface area contributed by atoms with E-state index in [1.807, 2.05) is 35.8 Å². The van der Waals surface area contributed by atoms with E-state index < -0.39 is 11.9 Å². The summed E-state index contributed by atoms with van der Waals surface area (Å²) in [5.74, 6) is -1.32. The zero-order valence-electron chi connectivity index (χ0n) is 15.3. The first-order valence-corrected chi connectivity index (χ1v) is 10.1. The van der Waals surface area contributed by atoms with Gasteiger partial charge in [0.05, 0.1) is 11.7 Å². The second-order valence-electron chi connectivity index (χ2n) is 6.86. The number of aliphatic carboxylic acids is 1. The molecule has 2 aromatic rings. The molecule has 0 spiro atoms. The first kappa shape index (κ1) is 19.4. The number of carboxylic acid groups (broad SMARTS) is 1. The maximum Gasteiger partial charge on any atom is 0.308 e. The van der Waals surface area contributed by atoms with E-state index in [-0.39, 0.29) is 17.7 Å². The van der Waals surface area contributed by atoms with Crippen LogP contribution in [0.4, 0.5) is 0 Å². The number of benzene rings is 1. The Labute approximate surface area is 162 Å². The molecule has 1 aromatic carbocycles. The Morgan fingerprint density at radius 1 is 1.22 bits per heavy atom. The molecular formula is C19H24N4O3S. The minimum Gasteiger partial charge on any atom is -0.481 e. The number of thioether (sulfide) groups is 1. The van der Waals surface area contributed by atoms with Crippen LogP contribution in [0.25, 0.3) is 5.69 Å². The lowest BCUT2D eigenvalue weighted by atomic mass is 9.95. The van der Waals surface area contributed by atoms with E-state index in [4.69, 9.17) is 0 Å². The third-order valence-corrected chi connectivity index (χ3v) is 5.78. The lowest BCUT2D eigenvalue weighted by molar-refractivity contribution is -0.143. The maximum atomic E-state index is 12.4. The van der Waals surface area contributed by atoms with Gasteiger partial charge in [0.1, 0.15) is 6.33 Å². The minimum atomic E-state index is -0.825. The van der Waals surface area contributed by atoms with Crippen LogP contribution in [-0.4, -0.2) is 43.5 Å². The Kier molecular flexibility index (Phi) is 6.49. The van der Waals surface area contributed by atoms with E-state index >= 15 is 0 Å². The number of carbonyl (C=O) groups excluding carboxylic acids is 1. The van der Waals surface area contributed by atoms with Gasteiger partial charge in [-0.15, -0.1) is 10.2 Å². The number of amides is 1. The van der Waals surface area contributed by atoms with E-state index in [1.54, 1.807) is 6.33 Å². The second-order valence-corrected chi connectivity index (χ2v) is 7.81. The maximum absolute atomic E-state index is 12.4. The first-order valence-electron chi connectivity index (χ1n) is 9.16. The van der Waals surface area contributed by atoms with Crippen LogP contribution < -0.4 is 5.32 Å². The van der Waals surface area contributed by atoms with Crippen molar-refractivity contribution >= 4 is 23.6 Å². The molecule has 1 aliphatic rings. The molecule has 2 N–H and O–H groups in total. The summed E-state index contributed by atoms with van der Waals surface area (Å²) >= 11 is 1.29. The SMILES string of the molecule is Cc1ccc(-n2cnnc2SCC(=O)N[C@H]2CCCCC[C@H]2C(=O)O)cc1. The van der Waals surface area contributed by atoms with Crippen molar-refractivity contribution in [3.63, 3.8) is 0 Å². The zero-order chi connectivity index (χ0) is 19.2. The second kappa shape index (κ2) is 9.03. The average molecular weight is 388 g/mol. The molecule has 0 bridgehead atoms. The molecule has 3 rings (SSSR count). The fourth-order valence-electron chi connectivity index (χ4n) is 3.36. The molecule has 1 saturated carbocycles. The molecule has 0 unspecified atom stereocenters. The van der Waals surface area contributed by atoms with Crippen molar-refractivity contribution in [3.05, 3.63) is 36.2 Å². The molecule has 1 fully saturated rings. The number of carboxylic acids is 1. The summed E-state index contributed by atoms with van der Waals surface area (Å²) in [5.41, 5.74) is 2.10. The summed E-state index contributed by atoms with van der Waals surface area (Å²) in [6, 6.07) is 7.67. The Balaban J connectivity index is 1.60. The molecule has 27 heavy (non-hydrogen) atoms. The Morgan fingerprint density at radius 2 is 1.96 bits per heavy atom. The normalized spacial score (nSPS) is 20.0. The first-order chi connectivity index (χ1) is 13.0. The fourth-order valence-corrected chi connectivity index (χ4v) is 4.10. The van der Waals surface area contributed by atoms with Crippen molar-refractivity contribution in [3.8, 4) is 5.69 Å². The lowest BCUT2D eigenvalue weighted by Gasteiger charge is -2.22. The summed E-state index contributed by atoms with van der Waals surface area (Å²) in [4.78, 5) is 23.9. The molecule has 1 amide bonds. The lowest BCUT2D eigenvalue weighted by Crippen LogP contribution is -2.43. The van der Waals surface area contributed by atoms with Crippen molar-refractivity contribution < 1.29 is 14.7 Å². The molecule has 1 aliphatic carbocycles. The van der Waals surface area contributed by atoms with E-state index in [0.29, 0.717) is 18.0 Å². The van der Waals surface area contributed by atoms with Crippen LogP contribution in [0.2, 0.25) is 0 Å². The van der Waals surface area contributed by atoms with Gasteiger partial charge in [-0.05, 0) is 31.9 Å². The van der Waals surface area contributed by atoms with Gasteiger partial charge in [0.2, 0.25) is 5.91 Å². The van der Waals surface area contributed by atoms with Gasteiger partial charge in [0.25, 0.3) is 0 Å². The molecule has 7 nitrogen and oxygen atoms in total. The monoisotopic (exact) mass is 388 g/mol. The van der Waals surface area contributed by atoms with E-state index in [1.165, 1.54) is 11.8 Å². The molecule has 0 saturated heterocycles. The molecule has 0 aliphatic heterocycles. The Morgan fingerprint density at radius 3 is 2.70 bits per heavy atom. The van der Waals surface area contributed by atoms with Crippen LogP contribution in [-0.2, 0) is 9.59 Å². The van der Waals surface area contributed by atoms with Crippen molar-refractivity contribution in [2.45, 2.75) is 50.2 Å². The van der Waals surface area contributed by atoms with Gasteiger partial charge in [-0.2, -0.15) is 0 Å². The van der Waals surface area contributed by atoms with Gasteiger partial charge in [-0.25, -0.2) is 0 Å². The summed E-state index contributed by atoms with van der Waals surface area (Å²) in [7, 11) is 0. The Bertz CT molecular complexity index is 791. The molecular weight excluding hydrogens is 364 g/mol. The van der Waals surface area contributed by atoms with E-state index in [0.717, 1.165) is 30.5 Å². The van der Waals surface area contributed by atoms with Crippen LogP contribution in [0.15, 0.2) is 35.7 Å². The topological polar surface area (TPSA) is 97.1 Å². The van der Waals surface area contributed by atoms with Crippen LogP contribution in [0.5, 0.6) is 0 Å². The van der Waals surface area contributed by atoms with E-state index in [9.17, 15) is 14.7 Å². The number of aryl methyl sites for hydroxylation is 1. The van der Waals surface area contributed by atoms with Gasteiger partial charge in [0.15, 0.2) is 5.16 Å². The summed E-state index contributed by atoms with van der Waals surface area (Å²) in [6.45, 7) is 2.02. The van der Waals surface area contributed by atoms with E-state index in [2.05, 4.69) is 15.5 Å². The number of carbonyl (C=O) groups is 2. The number of aromatic nitrogens is 3. The van der Waals surface area contributed by atoms with Crippen molar-refractivity contribution in [1.82, 2.24) is 20.1 Å². The predicted octanol–water partition coefficient (Wildman–Crippen LogP) is 2.82. The highest BCUT2D eigenvalue weighted by Gasteiger charge is 2.30. The van der Waals surface area contributed by atoms with Gasteiger partial charge in [0, 0.05) is 11.7 Å². The van der Waals surface area contributed by atoms with Crippen molar-refractivity contribution in [2.75, 3.05) is 5.75 Å². The largest absolute Gasteiger partial charge is 0.481 e. The highest BCUT2D eigenvalue weighted by molar-refractivity contribution is 7.99. The highest BCUT2D eigenvalue weighted by Crippen LogP contribution is 2.24. The Hall–Kier alpha value is -2.35. The minimum absolute atomic E-state index is 0.170. The molecule has 1 heterocycles. The number of rotatable bonds is 6. The quantitative estimate of drug-likeness (QED) is 0.583. The molecule has 8 heteroatoms. The number of nitrogens with zero attached hydrogens (tertiary/aromatic N) is 3. The number of nitrogens with one attached hydrogen (secondary N) is 1. The van der Waals surface area contributed by atoms with Crippen molar-refractivity contribution in [1.29, 1.82) is 0 Å². The third kappa shape index (κ3) is 5.09. The summed E-state index contributed by atoms with van der Waals surface area (Å²) < 4.78 is 1.84. The summed E-state index contributed by atoms with van der Waals surface area (Å²) in [6.07, 6.45) is 5.82. The summed E-state index contributed by atoms with van der Waals surface area (Å²) in [5, 5.41) is 21.0. The zero-order valence-corrected chi connectivity index (χ0v) is 16.1. The van der Waals surface area contributed by atoms with Crippen molar-refractivity contribution in [2.24, 2.45) is 5.92 Å². The van der Waals surface area contributed by atoms with Gasteiger partial charge >= 0.3 is 5.97 Å². The molecule has 0 radical (unpaired) electrons. The standard InChI is InChI=1S/C19H24N4O3S/c1-13-7-9-14(10-8-13)23-12-20-22-19(23)27-11-17(24)21-16-6-4-2-3-5-15(16)18(25)26/h7-10,12,15-16H,2-6,11H2,1H3,(H,21,24)(H,25,26)/t15-,16+/m1/s1. The van der Waals surface area contributed by atoms with Gasteiger partial charge < -0.3 is 10.4 Å². The van der Waals surface area contributed by atoms with Crippen LogP contribution in [0.1, 0.15) is 37.7 Å². The number of hydrogen-bond acceptors (Lipinski definition) is 5. The van der Waals surface area contributed by atoms with Crippen LogP contribution >= 0.6 is 11.8 Å². The number of hydrogen-bond donors (Lipinski definition) is 2. The van der Waals surface area contributed by atoms with Crippen LogP contribution in [0, 0.1) is 12.8 Å². The highest BCUT2D eigenvalue weighted by atomic mass is 32.2. The third-order valence-electron chi connectivity index (χ3n) is 4.84. The van der Waals surface area contributed by atoms with Gasteiger partial charge in [-0.1, -0.05) is 48.7 Å². The fraction of sp³-hybridized carbons (Fsp3) is 0.474. The average Bonchev–Trinajstić information content (AvgIpc) is 2.99. The van der Waals surface area contributed by atoms with Crippen LogP contribution in [0.3, 0.4) is 0 Å². The molecule has 144 valence electrons. The molecule has 2 atom stereocenters. The van der Waals surface area contributed by atoms with Gasteiger partial charge in [-0.3, -0.25) is 14.2 Å². The molecule has 1 aromatic heterocycles. The predicted molar refractivity (Wildman–Crippen MR) is 103 cm³/mol.